The summed E-state index contributed by atoms with van der Waals surface area (Å²) in [4.78, 5) is 29.5. The highest BCUT2D eigenvalue weighted by Crippen LogP contribution is 2.34. The number of carbonyl (C=O) groups is 2. The van der Waals surface area contributed by atoms with Crippen LogP contribution in [0.2, 0.25) is 10.0 Å². The third kappa shape index (κ3) is 9.26. The van der Waals surface area contributed by atoms with Crippen molar-refractivity contribution in [3.8, 4) is 11.5 Å². The van der Waals surface area contributed by atoms with E-state index < -0.39 is 28.5 Å². The zero-order chi connectivity index (χ0) is 31.7. The van der Waals surface area contributed by atoms with E-state index >= 15 is 0 Å². The summed E-state index contributed by atoms with van der Waals surface area (Å²) in [6.07, 6.45) is 1.87. The van der Waals surface area contributed by atoms with E-state index in [-0.39, 0.29) is 41.4 Å². The standard InChI is InChI=1S/C31H37Cl2N3O6S/c1-6-21(2)34-31(38)28(17-22-10-8-7-9-11-22)35(19-23-12-14-25(32)26(33)16-23)30(37)20-36(43(5,39)40)27-18-24(41-3)13-15-29(27)42-4/h7-16,18,21,28H,6,17,19-20H2,1-5H3,(H,34,38)/t21-,28-/m1/s1. The Kier molecular flexibility index (Phi) is 12.1. The average Bonchev–Trinajstić information content (AvgIpc) is 2.98. The van der Waals surface area contributed by atoms with E-state index in [1.807, 2.05) is 44.2 Å². The molecule has 0 fully saturated rings. The molecule has 3 rings (SSSR count). The van der Waals surface area contributed by atoms with Crippen molar-refractivity contribution in [3.05, 3.63) is 87.9 Å². The molecule has 0 spiro atoms. The van der Waals surface area contributed by atoms with Gasteiger partial charge < -0.3 is 19.7 Å². The molecule has 43 heavy (non-hydrogen) atoms. The Bertz CT molecular complexity index is 1520. The third-order valence-electron chi connectivity index (χ3n) is 6.94. The minimum atomic E-state index is -4.01. The highest BCUT2D eigenvalue weighted by atomic mass is 35.5. The number of carbonyl (C=O) groups excluding carboxylic acids is 2. The maximum atomic E-state index is 14.3. The molecule has 9 nitrogen and oxygen atoms in total. The maximum Gasteiger partial charge on any atom is 0.244 e. The molecule has 0 aliphatic carbocycles. The van der Waals surface area contributed by atoms with E-state index in [2.05, 4.69) is 5.32 Å². The lowest BCUT2D eigenvalue weighted by Gasteiger charge is -2.34. The van der Waals surface area contributed by atoms with Crippen LogP contribution in [0.1, 0.15) is 31.4 Å². The number of halogens is 2. The first-order valence-electron chi connectivity index (χ1n) is 13.6. The van der Waals surface area contributed by atoms with Crippen LogP contribution in [-0.2, 0) is 32.6 Å². The first-order valence-corrected chi connectivity index (χ1v) is 16.3. The molecular formula is C31H37Cl2N3O6S. The fourth-order valence-corrected chi connectivity index (χ4v) is 5.58. The van der Waals surface area contributed by atoms with Crippen LogP contribution in [-0.4, -0.2) is 64.2 Å². The van der Waals surface area contributed by atoms with E-state index in [0.29, 0.717) is 22.8 Å². The number of ether oxygens (including phenoxy) is 2. The van der Waals surface area contributed by atoms with Gasteiger partial charge in [0.1, 0.15) is 24.1 Å². The second-order valence-electron chi connectivity index (χ2n) is 10.1. The Morgan fingerprint density at radius 2 is 1.63 bits per heavy atom. The molecule has 0 heterocycles. The zero-order valence-electron chi connectivity index (χ0n) is 24.8. The van der Waals surface area contributed by atoms with Gasteiger partial charge in [-0.1, -0.05) is 66.5 Å². The highest BCUT2D eigenvalue weighted by Gasteiger charge is 2.34. The molecule has 0 saturated carbocycles. The van der Waals surface area contributed by atoms with Crippen LogP contribution in [0.15, 0.2) is 66.7 Å². The molecule has 0 aliphatic heterocycles. The number of rotatable bonds is 14. The van der Waals surface area contributed by atoms with E-state index in [1.165, 1.54) is 25.2 Å². The van der Waals surface area contributed by atoms with E-state index in [4.69, 9.17) is 32.7 Å². The minimum Gasteiger partial charge on any atom is -0.497 e. The number of benzene rings is 3. The Morgan fingerprint density at radius 3 is 2.21 bits per heavy atom. The van der Waals surface area contributed by atoms with Crippen LogP contribution in [0.25, 0.3) is 0 Å². The lowest BCUT2D eigenvalue weighted by Crippen LogP contribution is -2.54. The fraction of sp³-hybridized carbons (Fsp3) is 0.355. The van der Waals surface area contributed by atoms with Gasteiger partial charge in [0.25, 0.3) is 0 Å². The predicted molar refractivity (Wildman–Crippen MR) is 171 cm³/mol. The number of nitrogens with zero attached hydrogens (tertiary/aromatic N) is 2. The van der Waals surface area contributed by atoms with Gasteiger partial charge in [0, 0.05) is 25.1 Å². The quantitative estimate of drug-likeness (QED) is 0.253. The van der Waals surface area contributed by atoms with Crippen molar-refractivity contribution in [2.24, 2.45) is 0 Å². The van der Waals surface area contributed by atoms with Crippen molar-refractivity contribution >= 4 is 50.7 Å². The van der Waals surface area contributed by atoms with Crippen molar-refractivity contribution in [1.29, 1.82) is 0 Å². The SMILES string of the molecule is CC[C@@H](C)NC(=O)[C@@H](Cc1ccccc1)N(Cc1ccc(Cl)c(Cl)c1)C(=O)CN(c1cc(OC)ccc1OC)S(C)(=O)=O. The van der Waals surface area contributed by atoms with Crippen molar-refractivity contribution in [1.82, 2.24) is 10.2 Å². The molecule has 0 aliphatic rings. The summed E-state index contributed by atoms with van der Waals surface area (Å²) in [5, 5.41) is 3.62. The van der Waals surface area contributed by atoms with Crippen LogP contribution in [0.4, 0.5) is 5.69 Å². The molecule has 0 saturated heterocycles. The molecule has 1 N–H and O–H groups in total. The van der Waals surface area contributed by atoms with E-state index in [0.717, 1.165) is 16.1 Å². The van der Waals surface area contributed by atoms with Crippen molar-refractivity contribution in [2.45, 2.75) is 45.3 Å². The Labute approximate surface area is 263 Å². The van der Waals surface area contributed by atoms with Gasteiger partial charge in [-0.3, -0.25) is 13.9 Å². The van der Waals surface area contributed by atoms with Gasteiger partial charge >= 0.3 is 0 Å². The van der Waals surface area contributed by atoms with Crippen LogP contribution in [0, 0.1) is 0 Å². The number of hydrogen-bond acceptors (Lipinski definition) is 6. The zero-order valence-corrected chi connectivity index (χ0v) is 27.2. The monoisotopic (exact) mass is 649 g/mol. The van der Waals surface area contributed by atoms with E-state index in [1.54, 1.807) is 30.3 Å². The summed E-state index contributed by atoms with van der Waals surface area (Å²) in [6, 6.07) is 17.8. The van der Waals surface area contributed by atoms with Gasteiger partial charge in [-0.05, 0) is 48.7 Å². The Morgan fingerprint density at radius 1 is 0.930 bits per heavy atom. The summed E-state index contributed by atoms with van der Waals surface area (Å²) < 4.78 is 37.9. The Hall–Kier alpha value is -3.47. The molecule has 232 valence electrons. The first kappa shape index (κ1) is 34.0. The largest absolute Gasteiger partial charge is 0.497 e. The number of hydrogen-bond donors (Lipinski definition) is 1. The summed E-state index contributed by atoms with van der Waals surface area (Å²) in [6.45, 7) is 3.18. The summed E-state index contributed by atoms with van der Waals surface area (Å²) >= 11 is 12.4. The van der Waals surface area contributed by atoms with Crippen LogP contribution < -0.4 is 19.1 Å². The lowest BCUT2D eigenvalue weighted by atomic mass is 10.0. The molecule has 0 bridgehead atoms. The average molecular weight is 651 g/mol. The first-order chi connectivity index (χ1) is 20.4. The lowest BCUT2D eigenvalue weighted by molar-refractivity contribution is -0.140. The summed E-state index contributed by atoms with van der Waals surface area (Å²) in [5.41, 5.74) is 1.56. The highest BCUT2D eigenvalue weighted by molar-refractivity contribution is 7.92. The van der Waals surface area contributed by atoms with Gasteiger partial charge in [0.2, 0.25) is 21.8 Å². The summed E-state index contributed by atoms with van der Waals surface area (Å²) in [5.74, 6) is -0.372. The van der Waals surface area contributed by atoms with Gasteiger partial charge in [-0.25, -0.2) is 8.42 Å². The van der Waals surface area contributed by atoms with Gasteiger partial charge in [0.15, 0.2) is 0 Å². The fourth-order valence-electron chi connectivity index (χ4n) is 4.42. The second kappa shape index (κ2) is 15.3. The van der Waals surface area contributed by atoms with Gasteiger partial charge in [-0.15, -0.1) is 0 Å². The number of amides is 2. The molecular weight excluding hydrogens is 613 g/mol. The molecule has 3 aromatic carbocycles. The van der Waals surface area contributed by atoms with Crippen molar-refractivity contribution in [2.75, 3.05) is 31.3 Å². The van der Waals surface area contributed by atoms with Crippen molar-refractivity contribution in [3.63, 3.8) is 0 Å². The smallest absolute Gasteiger partial charge is 0.244 e. The van der Waals surface area contributed by atoms with E-state index in [9.17, 15) is 18.0 Å². The Balaban J connectivity index is 2.13. The number of methoxy groups -OCH3 is 2. The number of sulfonamides is 1. The van der Waals surface area contributed by atoms with Gasteiger partial charge in [0.05, 0.1) is 36.2 Å². The number of anilines is 1. The maximum absolute atomic E-state index is 14.3. The molecule has 3 aromatic rings. The predicted octanol–water partition coefficient (Wildman–Crippen LogP) is 5.33. The van der Waals surface area contributed by atoms with Crippen LogP contribution in [0.5, 0.6) is 11.5 Å². The summed E-state index contributed by atoms with van der Waals surface area (Å²) in [7, 11) is -1.15. The third-order valence-corrected chi connectivity index (χ3v) is 8.81. The molecule has 0 unspecified atom stereocenters. The van der Waals surface area contributed by atoms with Crippen LogP contribution >= 0.6 is 23.2 Å². The van der Waals surface area contributed by atoms with Crippen LogP contribution in [0.3, 0.4) is 0 Å². The molecule has 2 atom stereocenters. The molecule has 0 aromatic heterocycles. The van der Waals surface area contributed by atoms with Gasteiger partial charge in [-0.2, -0.15) is 0 Å². The van der Waals surface area contributed by atoms with Crippen molar-refractivity contribution < 1.29 is 27.5 Å². The normalized spacial score (nSPS) is 12.6. The second-order valence-corrected chi connectivity index (χ2v) is 12.8. The number of nitrogens with one attached hydrogen (secondary N) is 1. The minimum absolute atomic E-state index is 0.0337. The topological polar surface area (TPSA) is 105 Å². The molecule has 12 heteroatoms. The molecule has 0 radical (unpaired) electrons. The molecule has 2 amide bonds.